The lowest BCUT2D eigenvalue weighted by atomic mass is 10.1. The molecule has 0 unspecified atom stereocenters. The molecule has 0 radical (unpaired) electrons. The van der Waals surface area contributed by atoms with Gasteiger partial charge in [0.1, 0.15) is 0 Å². The molecular weight excluding hydrogens is 356 g/mol. The minimum atomic E-state index is -0.421. The SMILES string of the molecule is COC(=O)c1ccc(Cl)c(NC(=S)N[C@@H](C)CCc2ccccc2)c1. The third kappa shape index (κ3) is 6.03. The van der Waals surface area contributed by atoms with Gasteiger partial charge in [0.15, 0.2) is 5.11 Å². The molecular formula is C19H21ClN2O2S. The van der Waals surface area contributed by atoms with E-state index in [4.69, 9.17) is 28.6 Å². The minimum Gasteiger partial charge on any atom is -0.465 e. The van der Waals surface area contributed by atoms with Gasteiger partial charge >= 0.3 is 5.97 Å². The fourth-order valence-corrected chi connectivity index (χ4v) is 2.82. The third-order valence-corrected chi connectivity index (χ3v) is 4.27. The number of halogens is 1. The molecule has 0 aromatic heterocycles. The summed E-state index contributed by atoms with van der Waals surface area (Å²) in [7, 11) is 1.34. The number of hydrogen-bond donors (Lipinski definition) is 2. The monoisotopic (exact) mass is 376 g/mol. The van der Waals surface area contributed by atoms with Crippen LogP contribution in [-0.4, -0.2) is 24.2 Å². The highest BCUT2D eigenvalue weighted by Gasteiger charge is 2.11. The molecule has 0 spiro atoms. The van der Waals surface area contributed by atoms with E-state index in [1.165, 1.54) is 12.7 Å². The van der Waals surface area contributed by atoms with Crippen LogP contribution in [0.5, 0.6) is 0 Å². The molecule has 2 aromatic rings. The summed E-state index contributed by atoms with van der Waals surface area (Å²) < 4.78 is 4.72. The van der Waals surface area contributed by atoms with Crippen molar-refractivity contribution in [2.75, 3.05) is 12.4 Å². The van der Waals surface area contributed by atoms with E-state index in [1.54, 1.807) is 18.2 Å². The molecule has 25 heavy (non-hydrogen) atoms. The predicted octanol–water partition coefficient (Wildman–Crippen LogP) is 4.43. The molecule has 6 heteroatoms. The normalized spacial score (nSPS) is 11.5. The van der Waals surface area contributed by atoms with Crippen LogP contribution in [0.1, 0.15) is 29.3 Å². The second kappa shape index (κ2) is 9.39. The van der Waals surface area contributed by atoms with Gasteiger partial charge in [0.25, 0.3) is 0 Å². The van der Waals surface area contributed by atoms with E-state index in [9.17, 15) is 4.79 Å². The zero-order valence-electron chi connectivity index (χ0n) is 14.2. The molecule has 2 aromatic carbocycles. The number of aryl methyl sites for hydroxylation is 1. The van der Waals surface area contributed by atoms with Crippen molar-refractivity contribution in [3.8, 4) is 0 Å². The molecule has 132 valence electrons. The van der Waals surface area contributed by atoms with Gasteiger partial charge in [-0.05, 0) is 55.7 Å². The Labute approximate surface area is 158 Å². The van der Waals surface area contributed by atoms with E-state index >= 15 is 0 Å². The van der Waals surface area contributed by atoms with E-state index in [2.05, 4.69) is 29.7 Å². The van der Waals surface area contributed by atoms with E-state index in [1.807, 2.05) is 18.2 Å². The van der Waals surface area contributed by atoms with Gasteiger partial charge in [0.2, 0.25) is 0 Å². The number of thiocarbonyl (C=S) groups is 1. The number of benzene rings is 2. The van der Waals surface area contributed by atoms with Crippen molar-refractivity contribution < 1.29 is 9.53 Å². The highest BCUT2D eigenvalue weighted by Crippen LogP contribution is 2.23. The van der Waals surface area contributed by atoms with Gasteiger partial charge in [0, 0.05) is 6.04 Å². The topological polar surface area (TPSA) is 50.4 Å². The first-order valence-corrected chi connectivity index (χ1v) is 8.77. The average Bonchev–Trinajstić information content (AvgIpc) is 2.62. The molecule has 2 N–H and O–H groups in total. The van der Waals surface area contributed by atoms with Gasteiger partial charge in [-0.25, -0.2) is 4.79 Å². The maximum atomic E-state index is 11.6. The Kier molecular flexibility index (Phi) is 7.22. The molecule has 0 amide bonds. The maximum Gasteiger partial charge on any atom is 0.337 e. The van der Waals surface area contributed by atoms with E-state index in [0.717, 1.165) is 12.8 Å². The van der Waals surface area contributed by atoms with Crippen molar-refractivity contribution in [3.63, 3.8) is 0 Å². The van der Waals surface area contributed by atoms with Gasteiger partial charge in [-0.15, -0.1) is 0 Å². The van der Waals surface area contributed by atoms with Gasteiger partial charge in [-0.3, -0.25) is 0 Å². The Balaban J connectivity index is 1.90. The summed E-state index contributed by atoms with van der Waals surface area (Å²) >= 11 is 11.5. The molecule has 2 rings (SSSR count). The number of carbonyl (C=O) groups excluding carboxylic acids is 1. The second-order valence-electron chi connectivity index (χ2n) is 5.71. The number of methoxy groups -OCH3 is 1. The average molecular weight is 377 g/mol. The van der Waals surface area contributed by atoms with Crippen LogP contribution >= 0.6 is 23.8 Å². The molecule has 0 saturated carbocycles. The van der Waals surface area contributed by atoms with Gasteiger partial charge in [-0.1, -0.05) is 41.9 Å². The summed E-state index contributed by atoms with van der Waals surface area (Å²) in [6.07, 6.45) is 1.91. The van der Waals surface area contributed by atoms with Crippen molar-refractivity contribution in [1.29, 1.82) is 0 Å². The molecule has 0 aliphatic heterocycles. The lowest BCUT2D eigenvalue weighted by Crippen LogP contribution is -2.36. The van der Waals surface area contributed by atoms with Crippen LogP contribution < -0.4 is 10.6 Å². The molecule has 4 nitrogen and oxygen atoms in total. The number of esters is 1. The Morgan fingerprint density at radius 1 is 1.24 bits per heavy atom. The summed E-state index contributed by atoms with van der Waals surface area (Å²) in [5.41, 5.74) is 2.27. The van der Waals surface area contributed by atoms with E-state index in [-0.39, 0.29) is 6.04 Å². The second-order valence-corrected chi connectivity index (χ2v) is 6.53. The Hall–Kier alpha value is -2.11. The van der Waals surface area contributed by atoms with Crippen LogP contribution in [0.2, 0.25) is 5.02 Å². The summed E-state index contributed by atoms with van der Waals surface area (Å²) in [6.45, 7) is 2.07. The summed E-state index contributed by atoms with van der Waals surface area (Å²) in [5, 5.41) is 7.22. The van der Waals surface area contributed by atoms with Crippen molar-refractivity contribution in [3.05, 3.63) is 64.7 Å². The molecule has 0 fully saturated rings. The van der Waals surface area contributed by atoms with Gasteiger partial charge in [-0.2, -0.15) is 0 Å². The lowest BCUT2D eigenvalue weighted by molar-refractivity contribution is 0.0601. The maximum absolute atomic E-state index is 11.6. The van der Waals surface area contributed by atoms with Crippen molar-refractivity contribution in [1.82, 2.24) is 5.32 Å². The van der Waals surface area contributed by atoms with Crippen LogP contribution in [0, 0.1) is 0 Å². The zero-order valence-corrected chi connectivity index (χ0v) is 15.8. The van der Waals surface area contributed by atoms with Crippen LogP contribution in [-0.2, 0) is 11.2 Å². The molecule has 0 aliphatic carbocycles. The Bertz CT molecular complexity index is 737. The van der Waals surface area contributed by atoms with E-state index < -0.39 is 5.97 Å². The fourth-order valence-electron chi connectivity index (χ4n) is 2.35. The number of rotatable bonds is 6. The van der Waals surface area contributed by atoms with Gasteiger partial charge in [0.05, 0.1) is 23.4 Å². The van der Waals surface area contributed by atoms with E-state index in [0.29, 0.717) is 21.4 Å². The number of ether oxygens (including phenoxy) is 1. The lowest BCUT2D eigenvalue weighted by Gasteiger charge is -2.18. The fraction of sp³-hybridized carbons (Fsp3) is 0.263. The van der Waals surface area contributed by atoms with Crippen molar-refractivity contribution in [2.45, 2.75) is 25.8 Å². The smallest absolute Gasteiger partial charge is 0.337 e. The molecule has 0 aliphatic rings. The predicted molar refractivity (Wildman–Crippen MR) is 106 cm³/mol. The van der Waals surface area contributed by atoms with Crippen LogP contribution in [0.15, 0.2) is 48.5 Å². The highest BCUT2D eigenvalue weighted by atomic mass is 35.5. The first-order chi connectivity index (χ1) is 12.0. The first kappa shape index (κ1) is 19.2. The van der Waals surface area contributed by atoms with Crippen LogP contribution in [0.3, 0.4) is 0 Å². The number of nitrogens with one attached hydrogen (secondary N) is 2. The molecule has 0 bridgehead atoms. The number of carbonyl (C=O) groups is 1. The summed E-state index contributed by atoms with van der Waals surface area (Å²) in [4.78, 5) is 11.6. The third-order valence-electron chi connectivity index (χ3n) is 3.72. The molecule has 0 heterocycles. The molecule has 0 saturated heterocycles. The highest BCUT2D eigenvalue weighted by molar-refractivity contribution is 7.80. The van der Waals surface area contributed by atoms with Crippen LogP contribution in [0.25, 0.3) is 0 Å². The quantitative estimate of drug-likeness (QED) is 0.576. The standard InChI is InChI=1S/C19H21ClN2O2S/c1-13(8-9-14-6-4-3-5-7-14)21-19(25)22-17-12-15(18(23)24-2)10-11-16(17)20/h3-7,10-13H,8-9H2,1-2H3,(H2,21,22,25)/t13-/m0/s1. The summed E-state index contributed by atoms with van der Waals surface area (Å²) in [5.74, 6) is -0.421. The van der Waals surface area contributed by atoms with Crippen LogP contribution in [0.4, 0.5) is 5.69 Å². The van der Waals surface area contributed by atoms with Gasteiger partial charge < -0.3 is 15.4 Å². The largest absolute Gasteiger partial charge is 0.465 e. The molecule has 1 atom stereocenters. The Morgan fingerprint density at radius 3 is 2.64 bits per heavy atom. The van der Waals surface area contributed by atoms with Crippen molar-refractivity contribution in [2.24, 2.45) is 0 Å². The minimum absolute atomic E-state index is 0.197. The van der Waals surface area contributed by atoms with Crippen molar-refractivity contribution >= 4 is 40.6 Å². The Morgan fingerprint density at radius 2 is 1.96 bits per heavy atom. The number of hydrogen-bond acceptors (Lipinski definition) is 3. The summed E-state index contributed by atoms with van der Waals surface area (Å²) in [6, 6.07) is 15.4. The zero-order chi connectivity index (χ0) is 18.2. The number of anilines is 1. The first-order valence-electron chi connectivity index (χ1n) is 7.99.